The zero-order chi connectivity index (χ0) is 34.7. The minimum absolute atomic E-state index is 0.307. The molecule has 284 valence electrons. The minimum Gasteiger partial charge on any atom is -0.481 e. The lowest BCUT2D eigenvalue weighted by Crippen LogP contribution is -2.36. The van der Waals surface area contributed by atoms with Crippen LogP contribution in [0.1, 0.15) is 232 Å². The number of hydrogen-bond acceptors (Lipinski definition) is 2. The molecular formula is C45H87NO2. The van der Waals surface area contributed by atoms with E-state index in [0.717, 1.165) is 30.1 Å². The lowest BCUT2D eigenvalue weighted by atomic mass is 9.85. The van der Waals surface area contributed by atoms with Gasteiger partial charge < -0.3 is 10.0 Å². The highest BCUT2D eigenvalue weighted by Crippen LogP contribution is 2.46. The lowest BCUT2D eigenvalue weighted by Gasteiger charge is -2.32. The van der Waals surface area contributed by atoms with Crippen molar-refractivity contribution >= 4 is 5.97 Å². The van der Waals surface area contributed by atoms with Gasteiger partial charge in [0.25, 0.3) is 0 Å². The molecule has 0 aromatic rings. The third kappa shape index (κ3) is 23.0. The van der Waals surface area contributed by atoms with Crippen LogP contribution in [-0.2, 0) is 4.79 Å². The number of carboxylic acids is 1. The van der Waals surface area contributed by atoms with Crippen LogP contribution in [0.15, 0.2) is 0 Å². The first-order chi connectivity index (χ1) is 23.5. The summed E-state index contributed by atoms with van der Waals surface area (Å²) in [5.41, 5.74) is 0. The van der Waals surface area contributed by atoms with Gasteiger partial charge in [0.1, 0.15) is 0 Å². The van der Waals surface area contributed by atoms with E-state index >= 15 is 0 Å². The molecule has 2 saturated carbocycles. The summed E-state index contributed by atoms with van der Waals surface area (Å²) in [5.74, 6) is 4.32. The van der Waals surface area contributed by atoms with Crippen LogP contribution < -0.4 is 0 Å². The quantitative estimate of drug-likeness (QED) is 0.0667. The van der Waals surface area contributed by atoms with Crippen molar-refractivity contribution in [2.75, 3.05) is 14.1 Å². The van der Waals surface area contributed by atoms with Crippen LogP contribution in [0.5, 0.6) is 0 Å². The molecule has 0 amide bonds. The normalized spacial score (nSPS) is 21.5. The van der Waals surface area contributed by atoms with Gasteiger partial charge in [0.05, 0.1) is 0 Å². The number of nitrogens with zero attached hydrogens (tertiary/aromatic N) is 1. The Morgan fingerprint density at radius 3 is 1.12 bits per heavy atom. The third-order valence-electron chi connectivity index (χ3n) is 12.7. The molecule has 48 heavy (non-hydrogen) atoms. The van der Waals surface area contributed by atoms with Gasteiger partial charge in [0.15, 0.2) is 0 Å². The summed E-state index contributed by atoms with van der Waals surface area (Å²) in [7, 11) is 4.35. The van der Waals surface area contributed by atoms with Crippen LogP contribution in [0.3, 0.4) is 0 Å². The number of carboxylic acid groups (broad SMARTS) is 1. The van der Waals surface area contributed by atoms with Gasteiger partial charge >= 0.3 is 5.97 Å². The predicted molar refractivity (Wildman–Crippen MR) is 211 cm³/mol. The maximum Gasteiger partial charge on any atom is 0.303 e. The van der Waals surface area contributed by atoms with Crippen LogP contribution in [0.25, 0.3) is 0 Å². The zero-order valence-corrected chi connectivity index (χ0v) is 33.3. The molecule has 1 N–H and O–H groups in total. The molecule has 2 fully saturated rings. The summed E-state index contributed by atoms with van der Waals surface area (Å²) in [6, 6.07) is 0.409. The first kappa shape index (κ1) is 43.6. The van der Waals surface area contributed by atoms with Gasteiger partial charge in [-0.15, -0.1) is 0 Å². The molecule has 0 aliphatic heterocycles. The number of unbranched alkanes of at least 4 members (excludes halogenated alkanes) is 20. The molecule has 0 saturated heterocycles. The second kappa shape index (κ2) is 29.1. The van der Waals surface area contributed by atoms with E-state index in [1.165, 1.54) is 205 Å². The van der Waals surface area contributed by atoms with Crippen molar-refractivity contribution in [3.63, 3.8) is 0 Å². The predicted octanol–water partition coefficient (Wildman–Crippen LogP) is 14.4. The molecular weight excluding hydrogens is 587 g/mol. The Kier molecular flexibility index (Phi) is 26.4. The molecule has 0 aromatic heterocycles. The van der Waals surface area contributed by atoms with E-state index in [4.69, 9.17) is 0 Å². The first-order valence-corrected chi connectivity index (χ1v) is 22.3. The Morgan fingerprint density at radius 2 is 0.812 bits per heavy atom. The number of rotatable bonds is 37. The van der Waals surface area contributed by atoms with Crippen molar-refractivity contribution in [3.05, 3.63) is 0 Å². The van der Waals surface area contributed by atoms with Crippen molar-refractivity contribution in [1.29, 1.82) is 0 Å². The van der Waals surface area contributed by atoms with Gasteiger partial charge in [0.2, 0.25) is 0 Å². The highest BCUT2D eigenvalue weighted by molar-refractivity contribution is 5.66. The fraction of sp³-hybridized carbons (Fsp3) is 0.978. The standard InChI is InChI=1S/C45H87NO2/c1-5-7-9-11-17-25-31-40-37-42(40)33-27-21-15-13-19-23-29-39(44(46(3)4)35-36-45(47)48)30-24-20-14-16-22-28-34-43-38-41(43)32-26-18-12-10-8-6-2/h39-44H,5-38H2,1-4H3,(H,47,48). The van der Waals surface area contributed by atoms with Crippen molar-refractivity contribution < 1.29 is 9.90 Å². The third-order valence-corrected chi connectivity index (χ3v) is 12.7. The molecule has 0 radical (unpaired) electrons. The summed E-state index contributed by atoms with van der Waals surface area (Å²) in [6.07, 6.45) is 46.8. The maximum absolute atomic E-state index is 11.4. The smallest absolute Gasteiger partial charge is 0.303 e. The number of hydrogen-bond donors (Lipinski definition) is 1. The highest BCUT2D eigenvalue weighted by atomic mass is 16.4. The van der Waals surface area contributed by atoms with E-state index in [2.05, 4.69) is 32.8 Å². The summed E-state index contributed by atoms with van der Waals surface area (Å²) in [5, 5.41) is 9.39. The molecule has 3 heteroatoms. The molecule has 3 nitrogen and oxygen atoms in total. The van der Waals surface area contributed by atoms with Crippen molar-refractivity contribution in [2.24, 2.45) is 29.6 Å². The molecule has 2 aliphatic rings. The van der Waals surface area contributed by atoms with Crippen molar-refractivity contribution in [2.45, 2.75) is 238 Å². The Morgan fingerprint density at radius 1 is 0.500 bits per heavy atom. The molecule has 0 spiro atoms. The van der Waals surface area contributed by atoms with Crippen LogP contribution in [0.2, 0.25) is 0 Å². The second-order valence-corrected chi connectivity index (χ2v) is 17.2. The molecule has 0 heterocycles. The van der Waals surface area contributed by atoms with Crippen LogP contribution in [0.4, 0.5) is 0 Å². The largest absolute Gasteiger partial charge is 0.481 e. The molecule has 0 aromatic carbocycles. The van der Waals surface area contributed by atoms with E-state index in [-0.39, 0.29) is 0 Å². The van der Waals surface area contributed by atoms with Gasteiger partial charge in [-0.25, -0.2) is 0 Å². The van der Waals surface area contributed by atoms with Crippen LogP contribution in [-0.4, -0.2) is 36.1 Å². The number of carbonyl (C=O) groups is 1. The molecule has 2 aliphatic carbocycles. The van der Waals surface area contributed by atoms with Gasteiger partial charge in [-0.05, 0) is 75.8 Å². The van der Waals surface area contributed by atoms with Gasteiger partial charge in [-0.1, -0.05) is 194 Å². The van der Waals surface area contributed by atoms with E-state index < -0.39 is 5.97 Å². The van der Waals surface area contributed by atoms with E-state index in [1.807, 2.05) is 0 Å². The molecule has 2 rings (SSSR count). The van der Waals surface area contributed by atoms with Crippen molar-refractivity contribution in [1.82, 2.24) is 4.90 Å². The van der Waals surface area contributed by atoms with E-state index in [1.54, 1.807) is 0 Å². The Labute approximate surface area is 302 Å². The fourth-order valence-corrected chi connectivity index (χ4v) is 9.16. The molecule has 5 atom stereocenters. The molecule has 0 bridgehead atoms. The monoisotopic (exact) mass is 674 g/mol. The Bertz CT molecular complexity index is 690. The Hall–Kier alpha value is -0.570. The average Bonchev–Trinajstić information content (AvgIpc) is 3.99. The minimum atomic E-state index is -0.638. The summed E-state index contributed by atoms with van der Waals surface area (Å²) in [4.78, 5) is 13.7. The lowest BCUT2D eigenvalue weighted by molar-refractivity contribution is -0.137. The van der Waals surface area contributed by atoms with Crippen LogP contribution >= 0.6 is 0 Å². The first-order valence-electron chi connectivity index (χ1n) is 22.3. The Balaban J connectivity index is 1.49. The van der Waals surface area contributed by atoms with Crippen LogP contribution in [0, 0.1) is 29.6 Å². The van der Waals surface area contributed by atoms with E-state index in [0.29, 0.717) is 18.4 Å². The topological polar surface area (TPSA) is 40.5 Å². The second-order valence-electron chi connectivity index (χ2n) is 17.2. The zero-order valence-electron chi connectivity index (χ0n) is 33.3. The van der Waals surface area contributed by atoms with Gasteiger partial charge in [-0.3, -0.25) is 4.79 Å². The summed E-state index contributed by atoms with van der Waals surface area (Å²) >= 11 is 0. The van der Waals surface area contributed by atoms with Gasteiger partial charge in [0, 0.05) is 12.5 Å². The average molecular weight is 674 g/mol. The summed E-state index contributed by atoms with van der Waals surface area (Å²) < 4.78 is 0. The maximum atomic E-state index is 11.4. The highest BCUT2D eigenvalue weighted by Gasteiger charge is 2.35. The fourth-order valence-electron chi connectivity index (χ4n) is 9.16. The summed E-state index contributed by atoms with van der Waals surface area (Å²) in [6.45, 7) is 4.62. The SMILES string of the molecule is CCCCCCCCC1CC1CCCCCCCCC(CCCCCCCCC1CC1CCCCCCCC)C(CCC(=O)O)N(C)C. The van der Waals surface area contributed by atoms with Crippen molar-refractivity contribution in [3.8, 4) is 0 Å². The van der Waals surface area contributed by atoms with Gasteiger partial charge in [-0.2, -0.15) is 0 Å². The van der Waals surface area contributed by atoms with E-state index in [9.17, 15) is 9.90 Å². The molecule has 5 unspecified atom stereocenters. The number of aliphatic carboxylic acids is 1.